The number of carbonyl (C=O) groups is 2. The lowest BCUT2D eigenvalue weighted by Crippen LogP contribution is -2.44. The third-order valence-corrected chi connectivity index (χ3v) is 10.2. The zero-order valence-corrected chi connectivity index (χ0v) is 22.6. The maximum absolute atomic E-state index is 15.7. The van der Waals surface area contributed by atoms with Crippen molar-refractivity contribution in [2.45, 2.75) is 43.7 Å². The largest absolute Gasteiger partial charge is 0.399 e. The Morgan fingerprint density at radius 1 is 1.13 bits per heavy atom. The maximum Gasteiger partial charge on any atom is 0.268 e. The van der Waals surface area contributed by atoms with E-state index < -0.39 is 31.6 Å². The van der Waals surface area contributed by atoms with Gasteiger partial charge in [0.1, 0.15) is 0 Å². The molecule has 4 atom stereocenters. The first-order chi connectivity index (χ1) is 18.1. The molecule has 7 nitrogen and oxygen atoms in total. The average molecular weight is 534 g/mol. The topological polar surface area (TPSA) is 105 Å². The lowest BCUT2D eigenvalue weighted by molar-refractivity contribution is -0.145. The number of amides is 2. The summed E-state index contributed by atoms with van der Waals surface area (Å²) in [5, 5.41) is 12.7. The van der Waals surface area contributed by atoms with Gasteiger partial charge >= 0.3 is 0 Å². The monoisotopic (exact) mass is 533 g/mol. The van der Waals surface area contributed by atoms with Gasteiger partial charge in [-0.2, -0.15) is 0 Å². The second kappa shape index (κ2) is 9.65. The van der Waals surface area contributed by atoms with Crippen molar-refractivity contribution in [2.75, 3.05) is 22.6 Å². The van der Waals surface area contributed by atoms with Crippen LogP contribution in [0.2, 0.25) is 18.6 Å². The summed E-state index contributed by atoms with van der Waals surface area (Å²) in [6.07, 6.45) is -0.374. The van der Waals surface area contributed by atoms with E-state index in [0.29, 0.717) is 33.9 Å². The standard InChI is InChI=1S/C29H32FN3O4Si/c1-18-26(38(2,3)30)25(15-16-34)37-29(18)23-17-21(32-27(35)19-9-11-20(31)12-10-19)13-14-24(23)33(28(29)36)22-7-5-4-6-8-22/h4-14,17-18,25-26,34H,15-16,31H2,1-3H3,(H,32,35)/t18-,25+,26-,29+/m1/s1. The number of carbonyl (C=O) groups excluding carboxylic acids is 2. The van der Waals surface area contributed by atoms with Gasteiger partial charge in [-0.1, -0.05) is 25.1 Å². The SMILES string of the molecule is C[C@@H]1[C@@H]([Si](C)(C)F)[C@H](CCO)O[C@@]12C(=O)N(c1ccccc1)c1ccc(NC(=O)c3ccc(N)cc3)cc12. The second-order valence-corrected chi connectivity index (χ2v) is 14.4. The van der Waals surface area contributed by atoms with Crippen LogP contribution in [0.5, 0.6) is 0 Å². The van der Waals surface area contributed by atoms with Crippen molar-refractivity contribution in [2.24, 2.45) is 5.92 Å². The first-order valence-electron chi connectivity index (χ1n) is 12.8. The van der Waals surface area contributed by atoms with Crippen molar-refractivity contribution in [3.05, 3.63) is 83.9 Å². The smallest absolute Gasteiger partial charge is 0.268 e. The molecular formula is C29H32FN3O4Si. The van der Waals surface area contributed by atoms with Gasteiger partial charge in [0.25, 0.3) is 11.8 Å². The molecule has 2 aliphatic rings. The van der Waals surface area contributed by atoms with E-state index in [1.165, 1.54) is 0 Å². The van der Waals surface area contributed by atoms with Crippen LogP contribution in [0.15, 0.2) is 72.8 Å². The Kier molecular flexibility index (Phi) is 6.62. The fourth-order valence-corrected chi connectivity index (χ4v) is 8.66. The molecule has 1 fully saturated rings. The van der Waals surface area contributed by atoms with E-state index in [9.17, 15) is 14.7 Å². The molecule has 1 saturated heterocycles. The zero-order valence-electron chi connectivity index (χ0n) is 21.6. The van der Waals surface area contributed by atoms with Gasteiger partial charge in [0, 0.05) is 46.3 Å². The molecule has 4 N–H and O–H groups in total. The number of ether oxygens (including phenoxy) is 1. The minimum atomic E-state index is -3.31. The predicted octanol–water partition coefficient (Wildman–Crippen LogP) is 5.36. The number of nitrogen functional groups attached to an aromatic ring is 1. The number of nitrogens with zero attached hydrogens (tertiary/aromatic N) is 1. The fraction of sp³-hybridized carbons (Fsp3) is 0.310. The molecule has 198 valence electrons. The first kappa shape index (κ1) is 26.1. The predicted molar refractivity (Wildman–Crippen MR) is 149 cm³/mol. The molecule has 0 unspecified atom stereocenters. The Morgan fingerprint density at radius 2 is 1.82 bits per heavy atom. The summed E-state index contributed by atoms with van der Waals surface area (Å²) in [6, 6.07) is 21.1. The van der Waals surface area contributed by atoms with Gasteiger partial charge < -0.3 is 25.0 Å². The van der Waals surface area contributed by atoms with E-state index in [-0.39, 0.29) is 24.8 Å². The number of nitrogens with one attached hydrogen (secondary N) is 1. The summed E-state index contributed by atoms with van der Waals surface area (Å²) >= 11 is 0. The Morgan fingerprint density at radius 3 is 2.45 bits per heavy atom. The van der Waals surface area contributed by atoms with Crippen molar-refractivity contribution in [1.29, 1.82) is 0 Å². The molecule has 2 aliphatic heterocycles. The Labute approximate surface area is 222 Å². The summed E-state index contributed by atoms with van der Waals surface area (Å²) in [5.74, 6) is -1.11. The number of fused-ring (bicyclic) bond motifs is 2. The Bertz CT molecular complexity index is 1360. The van der Waals surface area contributed by atoms with Crippen LogP contribution in [0.3, 0.4) is 0 Å². The van der Waals surface area contributed by atoms with Crippen molar-refractivity contribution in [3.8, 4) is 0 Å². The van der Waals surface area contributed by atoms with Crippen LogP contribution in [-0.2, 0) is 15.1 Å². The van der Waals surface area contributed by atoms with Crippen molar-refractivity contribution in [3.63, 3.8) is 0 Å². The lowest BCUT2D eigenvalue weighted by atomic mass is 9.82. The number of benzene rings is 3. The highest BCUT2D eigenvalue weighted by Crippen LogP contribution is 2.61. The molecule has 2 amide bonds. The van der Waals surface area contributed by atoms with Gasteiger partial charge in [-0.25, -0.2) is 0 Å². The number of hydrogen-bond acceptors (Lipinski definition) is 5. The van der Waals surface area contributed by atoms with Crippen LogP contribution in [0, 0.1) is 5.92 Å². The number of halogens is 1. The third-order valence-electron chi connectivity index (χ3n) is 7.73. The van der Waals surface area contributed by atoms with E-state index in [1.807, 2.05) is 37.3 Å². The van der Waals surface area contributed by atoms with E-state index in [0.717, 1.165) is 0 Å². The van der Waals surface area contributed by atoms with Gasteiger partial charge in [-0.15, -0.1) is 0 Å². The number of hydrogen-bond donors (Lipinski definition) is 3. The Hall–Kier alpha value is -3.53. The highest BCUT2D eigenvalue weighted by Gasteiger charge is 2.66. The molecule has 0 aliphatic carbocycles. The molecule has 1 spiro atoms. The Balaban J connectivity index is 1.62. The molecule has 5 rings (SSSR count). The molecule has 0 radical (unpaired) electrons. The minimum Gasteiger partial charge on any atom is -0.399 e. The van der Waals surface area contributed by atoms with E-state index >= 15 is 4.11 Å². The first-order valence-corrected chi connectivity index (χ1v) is 15.7. The summed E-state index contributed by atoms with van der Waals surface area (Å²) in [5.41, 5.74) is 7.15. The molecular weight excluding hydrogens is 501 g/mol. The molecule has 0 aromatic heterocycles. The minimum absolute atomic E-state index is 0.171. The van der Waals surface area contributed by atoms with Crippen LogP contribution in [0.1, 0.15) is 29.3 Å². The van der Waals surface area contributed by atoms with E-state index in [2.05, 4.69) is 5.32 Å². The number of aliphatic hydroxyl groups is 1. The van der Waals surface area contributed by atoms with Crippen LogP contribution in [0.4, 0.5) is 26.9 Å². The summed E-state index contributed by atoms with van der Waals surface area (Å²) in [6.45, 7) is 4.95. The van der Waals surface area contributed by atoms with Crippen LogP contribution in [-0.4, -0.2) is 38.0 Å². The molecule has 0 bridgehead atoms. The van der Waals surface area contributed by atoms with E-state index in [1.54, 1.807) is 60.5 Å². The van der Waals surface area contributed by atoms with Gasteiger partial charge in [0.05, 0.1) is 11.8 Å². The highest BCUT2D eigenvalue weighted by atomic mass is 28.4. The molecule has 2 heterocycles. The number of nitrogens with two attached hydrogens (primary N) is 1. The number of aliphatic hydroxyl groups excluding tert-OH is 1. The van der Waals surface area contributed by atoms with Gasteiger partial charge in [0.15, 0.2) is 5.60 Å². The normalized spacial score (nSPS) is 24.6. The van der Waals surface area contributed by atoms with Crippen molar-refractivity contribution in [1.82, 2.24) is 0 Å². The fourth-order valence-electron chi connectivity index (χ4n) is 6.12. The molecule has 3 aromatic carbocycles. The van der Waals surface area contributed by atoms with Crippen molar-refractivity contribution >= 4 is 43.0 Å². The molecule has 9 heteroatoms. The molecule has 0 saturated carbocycles. The van der Waals surface area contributed by atoms with Gasteiger partial charge in [0.2, 0.25) is 8.41 Å². The molecule has 38 heavy (non-hydrogen) atoms. The quantitative estimate of drug-likeness (QED) is 0.225. The zero-order chi connectivity index (χ0) is 27.2. The number of anilines is 4. The molecule has 3 aromatic rings. The summed E-state index contributed by atoms with van der Waals surface area (Å²) in [7, 11) is -3.31. The summed E-state index contributed by atoms with van der Waals surface area (Å²) in [4.78, 5) is 28.9. The van der Waals surface area contributed by atoms with Crippen LogP contribution < -0.4 is 16.0 Å². The summed E-state index contributed by atoms with van der Waals surface area (Å²) < 4.78 is 22.3. The average Bonchev–Trinajstić information content (AvgIpc) is 3.31. The van der Waals surface area contributed by atoms with Crippen molar-refractivity contribution < 1.29 is 23.5 Å². The number of para-hydroxylation sites is 1. The second-order valence-electron chi connectivity index (χ2n) is 10.6. The van der Waals surface area contributed by atoms with Gasteiger partial charge in [-0.05, 0) is 74.1 Å². The van der Waals surface area contributed by atoms with E-state index in [4.69, 9.17) is 10.5 Å². The lowest BCUT2D eigenvalue weighted by Gasteiger charge is -2.31. The van der Waals surface area contributed by atoms with Crippen LogP contribution >= 0.6 is 0 Å². The number of rotatable bonds is 6. The third kappa shape index (κ3) is 4.20. The highest BCUT2D eigenvalue weighted by molar-refractivity contribution is 6.72. The maximum atomic E-state index is 15.7. The van der Waals surface area contributed by atoms with Gasteiger partial charge in [-0.3, -0.25) is 14.5 Å². The van der Waals surface area contributed by atoms with Crippen LogP contribution in [0.25, 0.3) is 0 Å².